The van der Waals surface area contributed by atoms with Crippen LogP contribution in [0.2, 0.25) is 0 Å². The summed E-state index contributed by atoms with van der Waals surface area (Å²) in [6.07, 6.45) is 6.57. The van der Waals surface area contributed by atoms with Crippen LogP contribution in [0, 0.1) is 0 Å². The molecule has 96 valence electrons. The van der Waals surface area contributed by atoms with Gasteiger partial charge in [0, 0.05) is 12.6 Å². The predicted octanol–water partition coefficient (Wildman–Crippen LogP) is 1.51. The zero-order valence-electron chi connectivity index (χ0n) is 10.7. The van der Waals surface area contributed by atoms with Crippen LogP contribution < -0.4 is 5.32 Å². The number of rotatable bonds is 5. The van der Waals surface area contributed by atoms with Crippen molar-refractivity contribution in [3.05, 3.63) is 23.9 Å². The SMILES string of the molecule is CCOC(=O)C1(C)CC(/C=C/CC(C)O)=CN1. The second-order valence-corrected chi connectivity index (χ2v) is 4.58. The quantitative estimate of drug-likeness (QED) is 0.714. The molecular formula is C13H21NO3. The minimum Gasteiger partial charge on any atom is -0.464 e. The zero-order chi connectivity index (χ0) is 12.9. The van der Waals surface area contributed by atoms with E-state index < -0.39 is 5.54 Å². The van der Waals surface area contributed by atoms with Crippen molar-refractivity contribution in [3.63, 3.8) is 0 Å². The first-order valence-corrected chi connectivity index (χ1v) is 5.96. The molecular weight excluding hydrogens is 218 g/mol. The fourth-order valence-corrected chi connectivity index (χ4v) is 1.71. The van der Waals surface area contributed by atoms with Crippen molar-refractivity contribution >= 4 is 5.97 Å². The number of nitrogens with one attached hydrogen (secondary N) is 1. The third-order valence-electron chi connectivity index (χ3n) is 2.67. The highest BCUT2D eigenvalue weighted by Gasteiger charge is 2.37. The van der Waals surface area contributed by atoms with Gasteiger partial charge in [-0.25, -0.2) is 4.79 Å². The van der Waals surface area contributed by atoms with Crippen LogP contribution in [0.25, 0.3) is 0 Å². The molecule has 0 saturated carbocycles. The Kier molecular flexibility index (Phi) is 4.75. The maximum Gasteiger partial charge on any atom is 0.331 e. The van der Waals surface area contributed by atoms with Crippen LogP contribution >= 0.6 is 0 Å². The first-order valence-electron chi connectivity index (χ1n) is 5.96. The highest BCUT2D eigenvalue weighted by atomic mass is 16.5. The van der Waals surface area contributed by atoms with Crippen molar-refractivity contribution in [1.29, 1.82) is 0 Å². The predicted molar refractivity (Wildman–Crippen MR) is 66.3 cm³/mol. The van der Waals surface area contributed by atoms with Crippen LogP contribution in [0.3, 0.4) is 0 Å². The minimum atomic E-state index is -0.652. The second-order valence-electron chi connectivity index (χ2n) is 4.58. The Morgan fingerprint density at radius 1 is 1.76 bits per heavy atom. The number of hydrogen-bond acceptors (Lipinski definition) is 4. The van der Waals surface area contributed by atoms with E-state index in [0.717, 1.165) is 5.57 Å². The molecule has 2 unspecified atom stereocenters. The first kappa shape index (κ1) is 13.8. The Labute approximate surface area is 102 Å². The van der Waals surface area contributed by atoms with Crippen molar-refractivity contribution in [2.75, 3.05) is 6.61 Å². The molecule has 1 heterocycles. The number of esters is 1. The molecule has 0 aromatic rings. The van der Waals surface area contributed by atoms with E-state index >= 15 is 0 Å². The van der Waals surface area contributed by atoms with Crippen molar-refractivity contribution in [1.82, 2.24) is 5.32 Å². The molecule has 2 N–H and O–H groups in total. The van der Waals surface area contributed by atoms with Crippen LogP contribution in [-0.4, -0.2) is 29.3 Å². The molecule has 1 aliphatic heterocycles. The molecule has 0 radical (unpaired) electrons. The van der Waals surface area contributed by atoms with Crippen LogP contribution in [-0.2, 0) is 9.53 Å². The molecule has 2 atom stereocenters. The average molecular weight is 239 g/mol. The minimum absolute atomic E-state index is 0.227. The van der Waals surface area contributed by atoms with Gasteiger partial charge in [-0.15, -0.1) is 0 Å². The summed E-state index contributed by atoms with van der Waals surface area (Å²) in [5.41, 5.74) is 0.391. The van der Waals surface area contributed by atoms with Gasteiger partial charge in [0.25, 0.3) is 0 Å². The lowest BCUT2D eigenvalue weighted by Crippen LogP contribution is -2.45. The Morgan fingerprint density at radius 3 is 3.06 bits per heavy atom. The van der Waals surface area contributed by atoms with E-state index in [2.05, 4.69) is 5.32 Å². The summed E-state index contributed by atoms with van der Waals surface area (Å²) in [6, 6.07) is 0. The van der Waals surface area contributed by atoms with Gasteiger partial charge in [0.15, 0.2) is 0 Å². The van der Waals surface area contributed by atoms with Crippen LogP contribution in [0.5, 0.6) is 0 Å². The molecule has 0 amide bonds. The standard InChI is InChI=1S/C13H21NO3/c1-4-17-12(16)13(3)8-11(9-14-13)7-5-6-10(2)15/h5,7,9-10,14-15H,4,6,8H2,1-3H3/b7-5+. The van der Waals surface area contributed by atoms with Gasteiger partial charge >= 0.3 is 5.97 Å². The van der Waals surface area contributed by atoms with Gasteiger partial charge in [-0.05, 0) is 32.8 Å². The lowest BCUT2D eigenvalue weighted by Gasteiger charge is -2.22. The second kappa shape index (κ2) is 5.87. The summed E-state index contributed by atoms with van der Waals surface area (Å²) in [6.45, 7) is 5.77. The molecule has 0 spiro atoms. The van der Waals surface area contributed by atoms with Crippen molar-refractivity contribution in [2.45, 2.75) is 45.3 Å². The van der Waals surface area contributed by atoms with Gasteiger partial charge in [0.05, 0.1) is 12.7 Å². The van der Waals surface area contributed by atoms with Crippen LogP contribution in [0.4, 0.5) is 0 Å². The highest BCUT2D eigenvalue weighted by molar-refractivity contribution is 5.82. The van der Waals surface area contributed by atoms with E-state index in [1.165, 1.54) is 0 Å². The third-order valence-corrected chi connectivity index (χ3v) is 2.67. The highest BCUT2D eigenvalue weighted by Crippen LogP contribution is 2.25. The maximum absolute atomic E-state index is 11.7. The van der Waals surface area contributed by atoms with Gasteiger partial charge in [-0.3, -0.25) is 0 Å². The zero-order valence-corrected chi connectivity index (χ0v) is 10.7. The van der Waals surface area contributed by atoms with Crippen molar-refractivity contribution < 1.29 is 14.6 Å². The smallest absolute Gasteiger partial charge is 0.331 e. The number of hydrogen-bond donors (Lipinski definition) is 2. The number of carbonyl (C=O) groups excluding carboxylic acids is 1. The van der Waals surface area contributed by atoms with E-state index in [1.807, 2.05) is 25.3 Å². The molecule has 4 nitrogen and oxygen atoms in total. The van der Waals surface area contributed by atoms with Gasteiger partial charge in [-0.1, -0.05) is 12.2 Å². The number of aliphatic hydroxyl groups is 1. The first-order chi connectivity index (χ1) is 7.98. The largest absolute Gasteiger partial charge is 0.464 e. The van der Waals surface area contributed by atoms with E-state index in [0.29, 0.717) is 19.4 Å². The maximum atomic E-state index is 11.7. The monoisotopic (exact) mass is 239 g/mol. The fraction of sp³-hybridized carbons (Fsp3) is 0.615. The lowest BCUT2D eigenvalue weighted by atomic mass is 9.97. The van der Waals surface area contributed by atoms with Gasteiger partial charge < -0.3 is 15.2 Å². The summed E-state index contributed by atoms with van der Waals surface area (Å²) in [7, 11) is 0. The molecule has 0 aromatic carbocycles. The van der Waals surface area contributed by atoms with Crippen molar-refractivity contribution in [3.8, 4) is 0 Å². The Morgan fingerprint density at radius 2 is 2.47 bits per heavy atom. The molecule has 0 aliphatic carbocycles. The molecule has 4 heteroatoms. The molecule has 0 saturated heterocycles. The fourth-order valence-electron chi connectivity index (χ4n) is 1.71. The Hall–Kier alpha value is -1.29. The van der Waals surface area contributed by atoms with E-state index in [1.54, 1.807) is 13.8 Å². The van der Waals surface area contributed by atoms with Crippen LogP contribution in [0.15, 0.2) is 23.9 Å². The van der Waals surface area contributed by atoms with Crippen LogP contribution in [0.1, 0.15) is 33.6 Å². The molecule has 0 aromatic heterocycles. The number of carbonyl (C=O) groups is 1. The van der Waals surface area contributed by atoms with E-state index in [4.69, 9.17) is 9.84 Å². The lowest BCUT2D eigenvalue weighted by molar-refractivity contribution is -0.149. The summed E-state index contributed by atoms with van der Waals surface area (Å²) in [4.78, 5) is 11.7. The number of allylic oxidation sites excluding steroid dienone is 1. The van der Waals surface area contributed by atoms with E-state index in [-0.39, 0.29) is 12.1 Å². The third kappa shape index (κ3) is 3.89. The normalized spacial score (nSPS) is 25.5. The number of aliphatic hydroxyl groups excluding tert-OH is 1. The van der Waals surface area contributed by atoms with Gasteiger partial charge in [-0.2, -0.15) is 0 Å². The summed E-state index contributed by atoms with van der Waals surface area (Å²) < 4.78 is 5.02. The summed E-state index contributed by atoms with van der Waals surface area (Å²) in [5, 5.41) is 12.2. The summed E-state index contributed by atoms with van der Waals surface area (Å²) >= 11 is 0. The Bertz CT molecular complexity index is 334. The molecule has 1 rings (SSSR count). The molecule has 1 aliphatic rings. The Balaban J connectivity index is 2.50. The van der Waals surface area contributed by atoms with Crippen molar-refractivity contribution in [2.24, 2.45) is 0 Å². The topological polar surface area (TPSA) is 58.6 Å². The average Bonchev–Trinajstić information content (AvgIpc) is 2.62. The number of ether oxygens (including phenoxy) is 1. The summed E-state index contributed by atoms with van der Waals surface area (Å²) in [5.74, 6) is -0.227. The van der Waals surface area contributed by atoms with Gasteiger partial charge in [0.2, 0.25) is 0 Å². The van der Waals surface area contributed by atoms with Gasteiger partial charge in [0.1, 0.15) is 5.54 Å². The molecule has 0 fully saturated rings. The molecule has 17 heavy (non-hydrogen) atoms. The molecule has 0 bridgehead atoms. The van der Waals surface area contributed by atoms with E-state index in [9.17, 15) is 4.79 Å².